The van der Waals surface area contributed by atoms with Gasteiger partial charge in [-0.2, -0.15) is 13.2 Å². The Morgan fingerprint density at radius 2 is 1.90 bits per heavy atom. The Morgan fingerprint density at radius 1 is 1.25 bits per heavy atom. The smallest absolute Gasteiger partial charge is 0.367 e. The van der Waals surface area contributed by atoms with Crippen LogP contribution in [0.1, 0.15) is 45.4 Å². The van der Waals surface area contributed by atoms with Crippen molar-refractivity contribution in [3.8, 4) is 0 Å². The van der Waals surface area contributed by atoms with Crippen LogP contribution in [-0.2, 0) is 6.18 Å². The minimum absolute atomic E-state index is 0.0307. The lowest BCUT2D eigenvalue weighted by atomic mass is 10.1. The Balaban J connectivity index is 2.78. The maximum Gasteiger partial charge on any atom is 0.451 e. The molecule has 4 N–H and O–H groups in total. The molecule has 1 aromatic heterocycles. The monoisotopic (exact) mass is 291 g/mol. The van der Waals surface area contributed by atoms with Crippen LogP contribution in [0.15, 0.2) is 6.07 Å². The van der Waals surface area contributed by atoms with E-state index < -0.39 is 12.0 Å². The SMILES string of the molecule is CCCCCC(C)Nc1cc(NN)nc(C(F)(F)F)n1. The second-order valence-electron chi connectivity index (χ2n) is 4.65. The van der Waals surface area contributed by atoms with Crippen LogP contribution in [0.5, 0.6) is 0 Å². The van der Waals surface area contributed by atoms with Gasteiger partial charge >= 0.3 is 6.18 Å². The Hall–Kier alpha value is -1.57. The lowest BCUT2D eigenvalue weighted by molar-refractivity contribution is -0.144. The Bertz CT molecular complexity index is 422. The van der Waals surface area contributed by atoms with Crippen molar-refractivity contribution in [2.24, 2.45) is 5.84 Å². The number of rotatable bonds is 7. The van der Waals surface area contributed by atoms with Gasteiger partial charge in [0.2, 0.25) is 5.82 Å². The largest absolute Gasteiger partial charge is 0.451 e. The molecule has 0 spiro atoms. The number of alkyl halides is 3. The van der Waals surface area contributed by atoms with Gasteiger partial charge in [-0.1, -0.05) is 26.2 Å². The summed E-state index contributed by atoms with van der Waals surface area (Å²) in [5, 5.41) is 2.94. The van der Waals surface area contributed by atoms with E-state index in [1.165, 1.54) is 6.07 Å². The normalized spacial score (nSPS) is 13.1. The zero-order chi connectivity index (χ0) is 15.2. The molecule has 1 rings (SSSR count). The molecule has 114 valence electrons. The number of hydrazine groups is 1. The van der Waals surface area contributed by atoms with Gasteiger partial charge < -0.3 is 10.7 Å². The lowest BCUT2D eigenvalue weighted by Crippen LogP contribution is -2.20. The summed E-state index contributed by atoms with van der Waals surface area (Å²) in [7, 11) is 0. The summed E-state index contributed by atoms with van der Waals surface area (Å²) in [5.74, 6) is 3.95. The first-order chi connectivity index (χ1) is 9.36. The highest BCUT2D eigenvalue weighted by Crippen LogP contribution is 2.28. The number of aromatic nitrogens is 2. The highest BCUT2D eigenvalue weighted by atomic mass is 19.4. The molecular weight excluding hydrogens is 271 g/mol. The van der Waals surface area contributed by atoms with Crippen molar-refractivity contribution in [3.05, 3.63) is 11.9 Å². The third kappa shape index (κ3) is 5.20. The molecule has 1 heterocycles. The summed E-state index contributed by atoms with van der Waals surface area (Å²) in [6.45, 7) is 4.00. The van der Waals surface area contributed by atoms with Crippen LogP contribution in [-0.4, -0.2) is 16.0 Å². The molecule has 0 amide bonds. The average molecular weight is 291 g/mol. The molecule has 5 nitrogen and oxygen atoms in total. The van der Waals surface area contributed by atoms with Gasteiger partial charge in [0.05, 0.1) is 0 Å². The first kappa shape index (κ1) is 16.5. The zero-order valence-corrected chi connectivity index (χ0v) is 11.6. The molecule has 8 heteroatoms. The van der Waals surface area contributed by atoms with E-state index in [0.29, 0.717) is 0 Å². The van der Waals surface area contributed by atoms with Crippen molar-refractivity contribution in [1.29, 1.82) is 0 Å². The van der Waals surface area contributed by atoms with Crippen LogP contribution in [0.3, 0.4) is 0 Å². The van der Waals surface area contributed by atoms with E-state index >= 15 is 0 Å². The van der Waals surface area contributed by atoms with Crippen molar-refractivity contribution in [2.45, 2.75) is 51.7 Å². The number of halogens is 3. The predicted molar refractivity (Wildman–Crippen MR) is 72.1 cm³/mol. The summed E-state index contributed by atoms with van der Waals surface area (Å²) >= 11 is 0. The van der Waals surface area contributed by atoms with Crippen LogP contribution < -0.4 is 16.6 Å². The predicted octanol–water partition coefficient (Wildman–Crippen LogP) is 3.16. The van der Waals surface area contributed by atoms with Crippen LogP contribution in [0.2, 0.25) is 0 Å². The van der Waals surface area contributed by atoms with Gasteiger partial charge in [-0.15, -0.1) is 0 Å². The molecular formula is C12H20F3N5. The molecule has 0 aromatic carbocycles. The molecule has 0 saturated carbocycles. The number of unbranched alkanes of at least 4 members (excludes halogenated alkanes) is 2. The maximum absolute atomic E-state index is 12.6. The lowest BCUT2D eigenvalue weighted by Gasteiger charge is -2.16. The molecule has 0 saturated heterocycles. The highest BCUT2D eigenvalue weighted by molar-refractivity contribution is 5.47. The molecule has 0 aliphatic carbocycles. The molecule has 0 bridgehead atoms. The van der Waals surface area contributed by atoms with Gasteiger partial charge in [-0.05, 0) is 13.3 Å². The summed E-state index contributed by atoms with van der Waals surface area (Å²) in [4.78, 5) is 6.77. The van der Waals surface area contributed by atoms with Crippen LogP contribution in [0.4, 0.5) is 24.8 Å². The number of nitrogen functional groups attached to an aromatic ring is 1. The van der Waals surface area contributed by atoms with Crippen LogP contribution >= 0.6 is 0 Å². The minimum atomic E-state index is -4.60. The third-order valence-corrected chi connectivity index (χ3v) is 2.76. The van der Waals surface area contributed by atoms with Gasteiger partial charge in [0.1, 0.15) is 11.6 Å². The van der Waals surface area contributed by atoms with E-state index in [9.17, 15) is 13.2 Å². The Labute approximate surface area is 116 Å². The second kappa shape index (κ2) is 7.28. The van der Waals surface area contributed by atoms with Gasteiger partial charge in [-0.25, -0.2) is 15.8 Å². The van der Waals surface area contributed by atoms with E-state index in [-0.39, 0.29) is 17.7 Å². The maximum atomic E-state index is 12.6. The van der Waals surface area contributed by atoms with E-state index in [4.69, 9.17) is 5.84 Å². The van der Waals surface area contributed by atoms with E-state index in [0.717, 1.165) is 25.7 Å². The van der Waals surface area contributed by atoms with Gasteiger partial charge in [0.25, 0.3) is 0 Å². The van der Waals surface area contributed by atoms with Crippen molar-refractivity contribution in [3.63, 3.8) is 0 Å². The van der Waals surface area contributed by atoms with Gasteiger partial charge in [0, 0.05) is 12.1 Å². The highest BCUT2D eigenvalue weighted by Gasteiger charge is 2.35. The summed E-state index contributed by atoms with van der Waals surface area (Å²) in [6.07, 6.45) is -0.526. The van der Waals surface area contributed by atoms with Crippen LogP contribution in [0.25, 0.3) is 0 Å². The Kier molecular flexibility index (Phi) is 6.00. The number of hydrogen-bond acceptors (Lipinski definition) is 5. The average Bonchev–Trinajstić information content (AvgIpc) is 2.37. The quantitative estimate of drug-likeness (QED) is 0.409. The topological polar surface area (TPSA) is 75.9 Å². The van der Waals surface area contributed by atoms with Gasteiger partial charge in [-0.3, -0.25) is 0 Å². The summed E-state index contributed by atoms with van der Waals surface area (Å²) in [6, 6.07) is 1.38. The number of nitrogens with one attached hydrogen (secondary N) is 2. The number of nitrogens with two attached hydrogens (primary N) is 1. The first-order valence-electron chi connectivity index (χ1n) is 6.56. The number of anilines is 2. The Morgan fingerprint density at radius 3 is 2.45 bits per heavy atom. The number of hydrogen-bond donors (Lipinski definition) is 3. The molecule has 1 aromatic rings. The van der Waals surface area contributed by atoms with Gasteiger partial charge in [0.15, 0.2) is 0 Å². The third-order valence-electron chi connectivity index (χ3n) is 2.76. The van der Waals surface area contributed by atoms with E-state index in [1.807, 2.05) is 6.92 Å². The minimum Gasteiger partial charge on any atom is -0.367 e. The zero-order valence-electron chi connectivity index (χ0n) is 11.6. The molecule has 20 heavy (non-hydrogen) atoms. The standard InChI is InChI=1S/C12H20F3N5/c1-3-4-5-6-8(2)17-9-7-10(20-16)19-11(18-9)12(13,14)15/h7-8H,3-6,16H2,1-2H3,(H2,17,18,19,20). The van der Waals surface area contributed by atoms with Crippen molar-refractivity contribution >= 4 is 11.6 Å². The number of nitrogens with zero attached hydrogens (tertiary/aromatic N) is 2. The van der Waals surface area contributed by atoms with Crippen molar-refractivity contribution in [1.82, 2.24) is 9.97 Å². The van der Waals surface area contributed by atoms with Crippen LogP contribution in [0, 0.1) is 0 Å². The molecule has 1 atom stereocenters. The molecule has 0 aliphatic heterocycles. The fourth-order valence-electron chi connectivity index (χ4n) is 1.75. The fraction of sp³-hybridized carbons (Fsp3) is 0.667. The first-order valence-corrected chi connectivity index (χ1v) is 6.56. The van der Waals surface area contributed by atoms with Crippen molar-refractivity contribution in [2.75, 3.05) is 10.7 Å². The molecule has 1 unspecified atom stereocenters. The van der Waals surface area contributed by atoms with E-state index in [1.54, 1.807) is 0 Å². The second-order valence-corrected chi connectivity index (χ2v) is 4.65. The fourth-order valence-corrected chi connectivity index (χ4v) is 1.75. The van der Waals surface area contributed by atoms with Crippen molar-refractivity contribution < 1.29 is 13.2 Å². The molecule has 0 fully saturated rings. The molecule has 0 radical (unpaired) electrons. The molecule has 0 aliphatic rings. The van der Waals surface area contributed by atoms with E-state index in [2.05, 4.69) is 27.6 Å². The summed E-state index contributed by atoms with van der Waals surface area (Å²) in [5.41, 5.74) is 2.11. The summed E-state index contributed by atoms with van der Waals surface area (Å²) < 4.78 is 37.9.